The van der Waals surface area contributed by atoms with Crippen molar-refractivity contribution in [2.24, 2.45) is 0 Å². The van der Waals surface area contributed by atoms with Crippen LogP contribution in [0.5, 0.6) is 0 Å². The molecule has 0 fully saturated rings. The summed E-state index contributed by atoms with van der Waals surface area (Å²) >= 11 is 0. The van der Waals surface area contributed by atoms with E-state index in [0.717, 1.165) is 13.0 Å². The first-order chi connectivity index (χ1) is 9.63. The molecule has 1 aromatic heterocycles. The normalized spacial score (nSPS) is 10.3. The van der Waals surface area contributed by atoms with Crippen molar-refractivity contribution in [3.63, 3.8) is 0 Å². The number of nitrogens with one attached hydrogen (secondary N) is 1. The van der Waals surface area contributed by atoms with Crippen LogP contribution in [-0.2, 0) is 4.74 Å². The molecular weight excluding hydrogens is 260 g/mol. The van der Waals surface area contributed by atoms with E-state index in [-0.39, 0.29) is 5.69 Å². The van der Waals surface area contributed by atoms with Crippen molar-refractivity contribution < 1.29 is 9.66 Å². The van der Waals surface area contributed by atoms with Gasteiger partial charge < -0.3 is 15.0 Å². The Morgan fingerprint density at radius 1 is 1.45 bits per heavy atom. The van der Waals surface area contributed by atoms with E-state index in [1.54, 1.807) is 13.2 Å². The van der Waals surface area contributed by atoms with Crippen LogP contribution in [0.25, 0.3) is 0 Å². The van der Waals surface area contributed by atoms with E-state index < -0.39 is 4.92 Å². The molecule has 112 valence electrons. The van der Waals surface area contributed by atoms with E-state index >= 15 is 0 Å². The lowest BCUT2D eigenvalue weighted by Gasteiger charge is -2.21. The van der Waals surface area contributed by atoms with Gasteiger partial charge in [-0.15, -0.1) is 0 Å². The van der Waals surface area contributed by atoms with Crippen molar-refractivity contribution in [1.29, 1.82) is 0 Å². The summed E-state index contributed by atoms with van der Waals surface area (Å²) in [6, 6.07) is 3.14. The van der Waals surface area contributed by atoms with Gasteiger partial charge in [0.1, 0.15) is 5.82 Å². The van der Waals surface area contributed by atoms with Crippen molar-refractivity contribution in [1.82, 2.24) is 4.98 Å². The second-order valence-corrected chi connectivity index (χ2v) is 4.30. The molecule has 0 radical (unpaired) electrons. The maximum absolute atomic E-state index is 11.1. The number of methoxy groups -OCH3 is 1. The number of nitrogens with zero attached hydrogens (tertiary/aromatic N) is 3. The number of nitro groups is 1. The Morgan fingerprint density at radius 3 is 2.75 bits per heavy atom. The van der Waals surface area contributed by atoms with Gasteiger partial charge in [0.15, 0.2) is 0 Å². The van der Waals surface area contributed by atoms with Gasteiger partial charge in [-0.2, -0.15) is 0 Å². The molecule has 0 aliphatic carbocycles. The molecule has 0 aliphatic rings. The average molecular weight is 282 g/mol. The van der Waals surface area contributed by atoms with Crippen molar-refractivity contribution in [3.8, 4) is 0 Å². The number of pyridine rings is 1. The Balaban J connectivity index is 3.05. The number of likely N-dealkylation sites (N-methyl/N-ethyl adjacent to an activating group) is 1. The Hall–Kier alpha value is -1.89. The predicted molar refractivity (Wildman–Crippen MR) is 79.4 cm³/mol. The topological polar surface area (TPSA) is 80.5 Å². The molecular formula is C13H22N4O3. The summed E-state index contributed by atoms with van der Waals surface area (Å²) in [6.07, 6.45) is 0.967. The van der Waals surface area contributed by atoms with Gasteiger partial charge in [-0.1, -0.05) is 6.92 Å². The molecule has 7 heteroatoms. The summed E-state index contributed by atoms with van der Waals surface area (Å²) < 4.78 is 5.04. The number of anilines is 2. The molecule has 0 amide bonds. The van der Waals surface area contributed by atoms with Gasteiger partial charge in [-0.3, -0.25) is 10.1 Å². The smallest absolute Gasteiger partial charge is 0.311 e. The maximum Gasteiger partial charge on any atom is 0.311 e. The molecule has 1 aromatic rings. The molecule has 0 bridgehead atoms. The van der Waals surface area contributed by atoms with E-state index in [2.05, 4.69) is 17.2 Å². The van der Waals surface area contributed by atoms with Crippen LogP contribution in [0.2, 0.25) is 0 Å². The van der Waals surface area contributed by atoms with E-state index in [9.17, 15) is 10.1 Å². The van der Waals surface area contributed by atoms with Crippen LogP contribution >= 0.6 is 0 Å². The fraction of sp³-hybridized carbons (Fsp3) is 0.615. The van der Waals surface area contributed by atoms with Gasteiger partial charge in [0.2, 0.25) is 5.82 Å². The standard InChI is InChI=1S/C13H22N4O3/c1-4-8-14-12-7-6-11(17(18)19)13(15-12)16(5-2)9-10-20-3/h6-7H,4-5,8-10H2,1-3H3,(H,14,15). The summed E-state index contributed by atoms with van der Waals surface area (Å²) in [7, 11) is 1.61. The molecule has 0 saturated carbocycles. The van der Waals surface area contributed by atoms with E-state index in [4.69, 9.17) is 4.74 Å². The number of hydrogen-bond donors (Lipinski definition) is 1. The minimum Gasteiger partial charge on any atom is -0.383 e. The molecule has 1 rings (SSSR count). The zero-order chi connectivity index (χ0) is 15.0. The van der Waals surface area contributed by atoms with Crippen molar-refractivity contribution in [2.75, 3.05) is 43.6 Å². The Morgan fingerprint density at radius 2 is 2.20 bits per heavy atom. The van der Waals surface area contributed by atoms with Crippen LogP contribution in [0.1, 0.15) is 20.3 Å². The summed E-state index contributed by atoms with van der Waals surface area (Å²) in [5.41, 5.74) is 0.0185. The van der Waals surface area contributed by atoms with Gasteiger partial charge in [-0.25, -0.2) is 4.98 Å². The second kappa shape index (κ2) is 8.31. The zero-order valence-electron chi connectivity index (χ0n) is 12.3. The van der Waals surface area contributed by atoms with Crippen LogP contribution in [0.15, 0.2) is 12.1 Å². The maximum atomic E-state index is 11.1. The number of ether oxygens (including phenoxy) is 1. The fourth-order valence-corrected chi connectivity index (χ4v) is 1.78. The van der Waals surface area contributed by atoms with Gasteiger partial charge in [0, 0.05) is 32.8 Å². The predicted octanol–water partition coefficient (Wildman–Crippen LogP) is 2.28. The lowest BCUT2D eigenvalue weighted by atomic mass is 10.3. The highest BCUT2D eigenvalue weighted by Gasteiger charge is 2.20. The first-order valence-corrected chi connectivity index (χ1v) is 6.77. The molecule has 0 spiro atoms. The Kier molecular flexibility index (Phi) is 6.72. The molecule has 0 aliphatic heterocycles. The lowest BCUT2D eigenvalue weighted by molar-refractivity contribution is -0.384. The Labute approximate surface area is 119 Å². The van der Waals surface area contributed by atoms with Crippen molar-refractivity contribution in [2.45, 2.75) is 20.3 Å². The average Bonchev–Trinajstić information content (AvgIpc) is 2.45. The van der Waals surface area contributed by atoms with Gasteiger partial charge in [0.05, 0.1) is 11.5 Å². The number of rotatable bonds is 9. The van der Waals surface area contributed by atoms with E-state index in [0.29, 0.717) is 31.3 Å². The molecule has 0 atom stereocenters. The molecule has 1 heterocycles. The first kappa shape index (κ1) is 16.2. The van der Waals surface area contributed by atoms with Crippen LogP contribution in [0.3, 0.4) is 0 Å². The monoisotopic (exact) mass is 282 g/mol. The molecule has 0 saturated heterocycles. The molecule has 0 unspecified atom stereocenters. The first-order valence-electron chi connectivity index (χ1n) is 6.77. The fourth-order valence-electron chi connectivity index (χ4n) is 1.78. The third-order valence-electron chi connectivity index (χ3n) is 2.85. The highest BCUT2D eigenvalue weighted by molar-refractivity contribution is 5.61. The minimum absolute atomic E-state index is 0.0185. The summed E-state index contributed by atoms with van der Waals surface area (Å²) in [5, 5.41) is 14.3. The van der Waals surface area contributed by atoms with Crippen LogP contribution in [0.4, 0.5) is 17.3 Å². The summed E-state index contributed by atoms with van der Waals surface area (Å²) in [6.45, 7) is 6.48. The van der Waals surface area contributed by atoms with E-state index in [1.807, 2.05) is 11.8 Å². The van der Waals surface area contributed by atoms with Crippen LogP contribution in [0, 0.1) is 10.1 Å². The third-order valence-corrected chi connectivity index (χ3v) is 2.85. The number of hydrogen-bond acceptors (Lipinski definition) is 6. The SMILES string of the molecule is CCCNc1ccc([N+](=O)[O-])c(N(CC)CCOC)n1. The Bertz CT molecular complexity index is 440. The van der Waals surface area contributed by atoms with Gasteiger partial charge in [-0.05, 0) is 19.4 Å². The summed E-state index contributed by atoms with van der Waals surface area (Å²) in [4.78, 5) is 16.9. The van der Waals surface area contributed by atoms with Crippen molar-refractivity contribution in [3.05, 3.63) is 22.2 Å². The highest BCUT2D eigenvalue weighted by atomic mass is 16.6. The van der Waals surface area contributed by atoms with Gasteiger partial charge in [0.25, 0.3) is 0 Å². The molecule has 7 nitrogen and oxygen atoms in total. The molecule has 1 N–H and O–H groups in total. The number of aromatic nitrogens is 1. The lowest BCUT2D eigenvalue weighted by Crippen LogP contribution is -2.28. The second-order valence-electron chi connectivity index (χ2n) is 4.30. The molecule has 0 aromatic carbocycles. The minimum atomic E-state index is -0.401. The largest absolute Gasteiger partial charge is 0.383 e. The third kappa shape index (κ3) is 4.34. The van der Waals surface area contributed by atoms with Crippen LogP contribution in [-0.4, -0.2) is 43.3 Å². The van der Waals surface area contributed by atoms with E-state index in [1.165, 1.54) is 6.07 Å². The van der Waals surface area contributed by atoms with Crippen molar-refractivity contribution >= 4 is 17.3 Å². The zero-order valence-corrected chi connectivity index (χ0v) is 12.3. The summed E-state index contributed by atoms with van der Waals surface area (Å²) in [5.74, 6) is 1.04. The van der Waals surface area contributed by atoms with Crippen LogP contribution < -0.4 is 10.2 Å². The quantitative estimate of drug-likeness (QED) is 0.553. The van der Waals surface area contributed by atoms with Gasteiger partial charge >= 0.3 is 5.69 Å². The highest BCUT2D eigenvalue weighted by Crippen LogP contribution is 2.27. The molecule has 20 heavy (non-hydrogen) atoms.